The van der Waals surface area contributed by atoms with E-state index in [2.05, 4.69) is 41.5 Å². The third-order valence-electron chi connectivity index (χ3n) is 6.80. The second kappa shape index (κ2) is 4.01. The van der Waals surface area contributed by atoms with E-state index in [-0.39, 0.29) is 18.3 Å². The van der Waals surface area contributed by atoms with Crippen LogP contribution in [-0.4, -0.2) is 18.3 Å². The first-order chi connectivity index (χ1) is 8.63. The van der Waals surface area contributed by atoms with Crippen molar-refractivity contribution in [1.29, 1.82) is 0 Å². The van der Waals surface area contributed by atoms with Crippen molar-refractivity contribution in [1.82, 2.24) is 0 Å². The zero-order chi connectivity index (χ0) is 14.1. The molecule has 1 aliphatic heterocycles. The van der Waals surface area contributed by atoms with Crippen molar-refractivity contribution >= 4 is 7.12 Å². The van der Waals surface area contributed by atoms with Crippen molar-refractivity contribution in [2.45, 2.75) is 78.3 Å². The van der Waals surface area contributed by atoms with Crippen LogP contribution in [0.25, 0.3) is 0 Å². The summed E-state index contributed by atoms with van der Waals surface area (Å²) >= 11 is 0. The molecule has 0 radical (unpaired) electrons. The first-order valence-corrected chi connectivity index (χ1v) is 7.99. The average Bonchev–Trinajstić information content (AvgIpc) is 2.84. The Balaban J connectivity index is 1.71. The summed E-state index contributed by atoms with van der Waals surface area (Å²) in [6.07, 6.45) is 5.40. The fourth-order valence-electron chi connectivity index (χ4n) is 4.73. The van der Waals surface area contributed by atoms with Crippen LogP contribution in [0, 0.1) is 23.2 Å². The Labute approximate surface area is 118 Å². The van der Waals surface area contributed by atoms with E-state index >= 15 is 0 Å². The van der Waals surface area contributed by atoms with Crippen LogP contribution < -0.4 is 0 Å². The van der Waals surface area contributed by atoms with E-state index in [1.165, 1.54) is 19.3 Å². The standard InChI is InChI=1S/C16H29BO2/c1-14(2)12-8-7-11(9-12)13(14)10-17-18-15(3,4)16(5,6)19-17/h11-13H,7-10H2,1-6H3/t11?,12?,13-/m1/s1. The molecule has 3 aliphatic rings. The monoisotopic (exact) mass is 264 g/mol. The van der Waals surface area contributed by atoms with Crippen LogP contribution in [0.3, 0.4) is 0 Å². The Bertz CT molecular complexity index is 359. The van der Waals surface area contributed by atoms with Gasteiger partial charge in [0.1, 0.15) is 0 Å². The van der Waals surface area contributed by atoms with Gasteiger partial charge in [-0.05, 0) is 76.4 Å². The molecule has 1 heterocycles. The molecule has 19 heavy (non-hydrogen) atoms. The highest BCUT2D eigenvalue weighted by Crippen LogP contribution is 2.61. The van der Waals surface area contributed by atoms with Gasteiger partial charge in [0.25, 0.3) is 0 Å². The molecule has 108 valence electrons. The van der Waals surface area contributed by atoms with Crippen LogP contribution in [0.15, 0.2) is 0 Å². The fourth-order valence-corrected chi connectivity index (χ4v) is 4.73. The third-order valence-corrected chi connectivity index (χ3v) is 6.80. The van der Waals surface area contributed by atoms with E-state index in [9.17, 15) is 0 Å². The molecule has 0 N–H and O–H groups in total. The Kier molecular flexibility index (Phi) is 2.94. The van der Waals surface area contributed by atoms with Gasteiger partial charge in [-0.2, -0.15) is 0 Å². The lowest BCUT2D eigenvalue weighted by Gasteiger charge is -2.38. The summed E-state index contributed by atoms with van der Waals surface area (Å²) in [7, 11) is -0.00590. The lowest BCUT2D eigenvalue weighted by molar-refractivity contribution is 0.00578. The maximum absolute atomic E-state index is 6.20. The van der Waals surface area contributed by atoms with Crippen LogP contribution >= 0.6 is 0 Å². The van der Waals surface area contributed by atoms with Crippen LogP contribution in [0.5, 0.6) is 0 Å². The Morgan fingerprint density at radius 1 is 0.947 bits per heavy atom. The lowest BCUT2D eigenvalue weighted by atomic mass is 9.61. The minimum atomic E-state index is -0.181. The molecule has 3 atom stereocenters. The van der Waals surface area contributed by atoms with Crippen molar-refractivity contribution in [3.63, 3.8) is 0 Å². The normalized spacial score (nSPS) is 42.0. The summed E-state index contributed by atoms with van der Waals surface area (Å²) in [5, 5.41) is 0. The van der Waals surface area contributed by atoms with Crippen LogP contribution in [0.4, 0.5) is 0 Å². The summed E-state index contributed by atoms with van der Waals surface area (Å²) < 4.78 is 12.4. The molecule has 0 aromatic carbocycles. The van der Waals surface area contributed by atoms with Gasteiger partial charge in [-0.1, -0.05) is 13.8 Å². The molecule has 2 aliphatic carbocycles. The van der Waals surface area contributed by atoms with Gasteiger partial charge in [0.15, 0.2) is 0 Å². The minimum Gasteiger partial charge on any atom is -0.403 e. The second-order valence-corrected chi connectivity index (χ2v) is 8.62. The smallest absolute Gasteiger partial charge is 0.403 e. The maximum Gasteiger partial charge on any atom is 0.458 e. The first-order valence-electron chi connectivity index (χ1n) is 7.99. The SMILES string of the molecule is CC1(C)C2CCC(C2)[C@H]1CB1OC(C)(C)C(C)(C)O1. The molecule has 1 saturated heterocycles. The highest BCUT2D eigenvalue weighted by Gasteiger charge is 2.57. The molecule has 2 unspecified atom stereocenters. The molecule has 0 aromatic rings. The molecule has 3 heteroatoms. The first kappa shape index (κ1) is 13.9. The zero-order valence-electron chi connectivity index (χ0n) is 13.5. The summed E-state index contributed by atoms with van der Waals surface area (Å²) in [4.78, 5) is 0. The van der Waals surface area contributed by atoms with Gasteiger partial charge < -0.3 is 9.31 Å². The van der Waals surface area contributed by atoms with E-state index < -0.39 is 0 Å². The van der Waals surface area contributed by atoms with Gasteiger partial charge >= 0.3 is 7.12 Å². The number of fused-ring (bicyclic) bond motifs is 2. The van der Waals surface area contributed by atoms with Gasteiger partial charge in [-0.15, -0.1) is 0 Å². The molecule has 0 spiro atoms. The molecule has 0 aromatic heterocycles. The van der Waals surface area contributed by atoms with E-state index in [0.29, 0.717) is 5.41 Å². The summed E-state index contributed by atoms with van der Waals surface area (Å²) in [5.74, 6) is 2.63. The highest BCUT2D eigenvalue weighted by atomic mass is 16.7. The number of rotatable bonds is 2. The summed E-state index contributed by atoms with van der Waals surface area (Å²) in [6, 6.07) is 0. The fraction of sp³-hybridized carbons (Fsp3) is 1.00. The van der Waals surface area contributed by atoms with Crippen molar-refractivity contribution < 1.29 is 9.31 Å². The molecule has 2 bridgehead atoms. The second-order valence-electron chi connectivity index (χ2n) is 8.62. The third kappa shape index (κ3) is 2.00. The van der Waals surface area contributed by atoms with E-state index in [1.807, 2.05) is 0 Å². The largest absolute Gasteiger partial charge is 0.458 e. The predicted octanol–water partition coefficient (Wildman–Crippen LogP) is 4.15. The van der Waals surface area contributed by atoms with Gasteiger partial charge in [0.05, 0.1) is 11.2 Å². The number of hydrogen-bond acceptors (Lipinski definition) is 2. The molecule has 2 nitrogen and oxygen atoms in total. The zero-order valence-corrected chi connectivity index (χ0v) is 13.5. The molecule has 3 rings (SSSR count). The van der Waals surface area contributed by atoms with Gasteiger partial charge in [0, 0.05) is 0 Å². The topological polar surface area (TPSA) is 18.5 Å². The van der Waals surface area contributed by atoms with Gasteiger partial charge in [-0.3, -0.25) is 0 Å². The van der Waals surface area contributed by atoms with Gasteiger partial charge in [0.2, 0.25) is 0 Å². The van der Waals surface area contributed by atoms with E-state index in [1.54, 1.807) is 0 Å². The maximum atomic E-state index is 6.20. The molecule has 2 saturated carbocycles. The average molecular weight is 264 g/mol. The predicted molar refractivity (Wildman–Crippen MR) is 79.0 cm³/mol. The Morgan fingerprint density at radius 3 is 2.00 bits per heavy atom. The van der Waals surface area contributed by atoms with Crippen molar-refractivity contribution in [2.75, 3.05) is 0 Å². The van der Waals surface area contributed by atoms with Gasteiger partial charge in [-0.25, -0.2) is 0 Å². The molecular formula is C16H29BO2. The summed E-state index contributed by atoms with van der Waals surface area (Å²) in [6.45, 7) is 13.5. The molecule has 3 fully saturated rings. The Hall–Kier alpha value is -0.0151. The summed E-state index contributed by atoms with van der Waals surface area (Å²) in [5.41, 5.74) is 0.116. The van der Waals surface area contributed by atoms with Crippen molar-refractivity contribution in [3.8, 4) is 0 Å². The Morgan fingerprint density at radius 2 is 1.53 bits per heavy atom. The molecule has 0 amide bonds. The molecular weight excluding hydrogens is 235 g/mol. The quantitative estimate of drug-likeness (QED) is 0.697. The highest BCUT2D eigenvalue weighted by molar-refractivity contribution is 6.45. The van der Waals surface area contributed by atoms with Crippen LogP contribution in [0.2, 0.25) is 6.32 Å². The minimum absolute atomic E-state index is 0.00590. The van der Waals surface area contributed by atoms with Crippen molar-refractivity contribution in [2.24, 2.45) is 23.2 Å². The van der Waals surface area contributed by atoms with Crippen molar-refractivity contribution in [3.05, 3.63) is 0 Å². The van der Waals surface area contributed by atoms with Crippen LogP contribution in [-0.2, 0) is 9.31 Å². The van der Waals surface area contributed by atoms with E-state index in [0.717, 1.165) is 24.1 Å². The lowest BCUT2D eigenvalue weighted by Crippen LogP contribution is -2.41. The van der Waals surface area contributed by atoms with Crippen LogP contribution in [0.1, 0.15) is 60.8 Å². The van der Waals surface area contributed by atoms with E-state index in [4.69, 9.17) is 9.31 Å². The number of hydrogen-bond donors (Lipinski definition) is 0.